The molecule has 1 N–H and O–H groups in total. The van der Waals surface area contributed by atoms with Crippen molar-refractivity contribution >= 4 is 11.3 Å². The Morgan fingerprint density at radius 3 is 3.11 bits per heavy atom. The van der Waals surface area contributed by atoms with E-state index in [9.17, 15) is 0 Å². The fourth-order valence-corrected chi connectivity index (χ4v) is 3.65. The summed E-state index contributed by atoms with van der Waals surface area (Å²) in [4.78, 5) is 7.13. The summed E-state index contributed by atoms with van der Waals surface area (Å²) in [7, 11) is 0. The van der Waals surface area contributed by atoms with E-state index in [1.807, 2.05) is 6.20 Å². The minimum Gasteiger partial charge on any atom is -0.313 e. The largest absolute Gasteiger partial charge is 0.313 e. The molecule has 0 saturated carbocycles. The molecule has 0 radical (unpaired) electrons. The van der Waals surface area contributed by atoms with Crippen LogP contribution in [-0.2, 0) is 0 Å². The van der Waals surface area contributed by atoms with E-state index < -0.39 is 0 Å². The van der Waals surface area contributed by atoms with Crippen molar-refractivity contribution in [3.05, 3.63) is 16.6 Å². The summed E-state index contributed by atoms with van der Waals surface area (Å²) in [6.45, 7) is 8.06. The average Bonchev–Trinajstić information content (AvgIpc) is 2.92. The third-order valence-corrected chi connectivity index (χ3v) is 4.58. The molecule has 1 aliphatic heterocycles. The first kappa shape index (κ1) is 14.0. The number of rotatable bonds is 6. The van der Waals surface area contributed by atoms with Crippen molar-refractivity contribution in [2.45, 2.75) is 51.6 Å². The van der Waals surface area contributed by atoms with Gasteiger partial charge in [0.15, 0.2) is 0 Å². The van der Waals surface area contributed by atoms with Crippen molar-refractivity contribution in [3.8, 4) is 0 Å². The molecule has 102 valence electrons. The van der Waals surface area contributed by atoms with E-state index in [-0.39, 0.29) is 0 Å². The van der Waals surface area contributed by atoms with Gasteiger partial charge in [0.05, 0.1) is 6.04 Å². The molecule has 0 amide bonds. The Balaban J connectivity index is 1.94. The Labute approximate surface area is 115 Å². The second kappa shape index (κ2) is 7.22. The van der Waals surface area contributed by atoms with Gasteiger partial charge in [-0.15, -0.1) is 11.3 Å². The van der Waals surface area contributed by atoms with Crippen molar-refractivity contribution in [2.75, 3.05) is 19.6 Å². The van der Waals surface area contributed by atoms with E-state index in [4.69, 9.17) is 0 Å². The van der Waals surface area contributed by atoms with E-state index in [0.717, 1.165) is 13.0 Å². The van der Waals surface area contributed by atoms with Gasteiger partial charge in [0.1, 0.15) is 5.01 Å². The molecule has 1 aromatic rings. The zero-order valence-electron chi connectivity index (χ0n) is 11.6. The van der Waals surface area contributed by atoms with E-state index >= 15 is 0 Å². The number of aromatic nitrogens is 1. The molecule has 4 heteroatoms. The Morgan fingerprint density at radius 1 is 1.56 bits per heavy atom. The van der Waals surface area contributed by atoms with Crippen LogP contribution in [-0.4, -0.2) is 35.6 Å². The highest BCUT2D eigenvalue weighted by molar-refractivity contribution is 7.09. The topological polar surface area (TPSA) is 28.2 Å². The lowest BCUT2D eigenvalue weighted by atomic mass is 10.0. The van der Waals surface area contributed by atoms with Gasteiger partial charge in [-0.2, -0.15) is 0 Å². The van der Waals surface area contributed by atoms with Gasteiger partial charge in [0, 0.05) is 24.2 Å². The minimum atomic E-state index is 0.524. The summed E-state index contributed by atoms with van der Waals surface area (Å²) in [5.74, 6) is 0. The first-order valence-corrected chi connectivity index (χ1v) is 8.10. The SMILES string of the molecule is CCCNC1CCCN(C(CC)c2nccs2)C1. The highest BCUT2D eigenvalue weighted by Crippen LogP contribution is 2.28. The highest BCUT2D eigenvalue weighted by Gasteiger charge is 2.26. The van der Waals surface area contributed by atoms with E-state index in [1.165, 1.54) is 37.4 Å². The van der Waals surface area contributed by atoms with Gasteiger partial charge in [-0.1, -0.05) is 13.8 Å². The molecule has 0 aromatic carbocycles. The first-order valence-electron chi connectivity index (χ1n) is 7.22. The standard InChI is InChI=1S/C14H25N3S/c1-3-7-15-12-6-5-9-17(11-12)13(4-2)14-16-8-10-18-14/h8,10,12-13,15H,3-7,9,11H2,1-2H3. The zero-order chi connectivity index (χ0) is 12.8. The molecule has 0 bridgehead atoms. The summed E-state index contributed by atoms with van der Waals surface area (Å²) in [6.07, 6.45) is 6.95. The van der Waals surface area contributed by atoms with Crippen LogP contribution in [0.5, 0.6) is 0 Å². The quantitative estimate of drug-likeness (QED) is 0.858. The predicted molar refractivity (Wildman–Crippen MR) is 78.0 cm³/mol. The molecule has 1 fully saturated rings. The lowest BCUT2D eigenvalue weighted by molar-refractivity contribution is 0.133. The maximum Gasteiger partial charge on any atom is 0.110 e. The van der Waals surface area contributed by atoms with Crippen LogP contribution in [0.4, 0.5) is 0 Å². The van der Waals surface area contributed by atoms with Crippen LogP contribution < -0.4 is 5.32 Å². The van der Waals surface area contributed by atoms with Crippen LogP contribution in [0.2, 0.25) is 0 Å². The molecule has 1 aromatic heterocycles. The number of piperidine rings is 1. The third kappa shape index (κ3) is 3.53. The number of likely N-dealkylation sites (tertiary alicyclic amines) is 1. The summed E-state index contributed by atoms with van der Waals surface area (Å²) >= 11 is 1.80. The van der Waals surface area contributed by atoms with Crippen molar-refractivity contribution in [1.82, 2.24) is 15.2 Å². The molecule has 2 heterocycles. The Hall–Kier alpha value is -0.450. The smallest absolute Gasteiger partial charge is 0.110 e. The Kier molecular flexibility index (Phi) is 5.60. The molecule has 18 heavy (non-hydrogen) atoms. The third-order valence-electron chi connectivity index (χ3n) is 3.70. The van der Waals surface area contributed by atoms with Gasteiger partial charge in [0.25, 0.3) is 0 Å². The van der Waals surface area contributed by atoms with Crippen LogP contribution in [0.25, 0.3) is 0 Å². The van der Waals surface area contributed by atoms with Gasteiger partial charge in [-0.3, -0.25) is 4.90 Å². The van der Waals surface area contributed by atoms with Crippen LogP contribution >= 0.6 is 11.3 Å². The van der Waals surface area contributed by atoms with Crippen molar-refractivity contribution < 1.29 is 0 Å². The molecule has 2 rings (SSSR count). The lowest BCUT2D eigenvalue weighted by Crippen LogP contribution is -2.47. The minimum absolute atomic E-state index is 0.524. The number of thiazole rings is 1. The molecular weight excluding hydrogens is 242 g/mol. The molecule has 0 spiro atoms. The monoisotopic (exact) mass is 267 g/mol. The Morgan fingerprint density at radius 2 is 2.44 bits per heavy atom. The zero-order valence-corrected chi connectivity index (χ0v) is 12.4. The molecule has 1 saturated heterocycles. The molecule has 3 nitrogen and oxygen atoms in total. The van der Waals surface area contributed by atoms with Crippen molar-refractivity contribution in [1.29, 1.82) is 0 Å². The summed E-state index contributed by atoms with van der Waals surface area (Å²) < 4.78 is 0. The van der Waals surface area contributed by atoms with Crippen LogP contribution in [0, 0.1) is 0 Å². The maximum absolute atomic E-state index is 4.51. The van der Waals surface area contributed by atoms with E-state index in [0.29, 0.717) is 12.1 Å². The normalized spacial score (nSPS) is 23.1. The second-order valence-corrected chi connectivity index (χ2v) is 6.01. The first-order chi connectivity index (χ1) is 8.85. The summed E-state index contributed by atoms with van der Waals surface area (Å²) in [5, 5.41) is 7.04. The molecule has 2 unspecified atom stereocenters. The lowest BCUT2D eigenvalue weighted by Gasteiger charge is -2.37. The fraction of sp³-hybridized carbons (Fsp3) is 0.786. The number of hydrogen-bond acceptors (Lipinski definition) is 4. The molecule has 1 aliphatic rings. The van der Waals surface area contributed by atoms with Gasteiger partial charge in [-0.25, -0.2) is 4.98 Å². The van der Waals surface area contributed by atoms with Crippen LogP contribution in [0.3, 0.4) is 0 Å². The summed E-state index contributed by atoms with van der Waals surface area (Å²) in [5.41, 5.74) is 0. The number of nitrogens with one attached hydrogen (secondary N) is 1. The molecule has 0 aliphatic carbocycles. The second-order valence-electron chi connectivity index (χ2n) is 5.08. The van der Waals surface area contributed by atoms with E-state index in [1.54, 1.807) is 11.3 Å². The van der Waals surface area contributed by atoms with Gasteiger partial charge < -0.3 is 5.32 Å². The van der Waals surface area contributed by atoms with Gasteiger partial charge >= 0.3 is 0 Å². The van der Waals surface area contributed by atoms with Crippen molar-refractivity contribution in [3.63, 3.8) is 0 Å². The summed E-state index contributed by atoms with van der Waals surface area (Å²) in [6, 6.07) is 1.20. The van der Waals surface area contributed by atoms with Gasteiger partial charge in [0.2, 0.25) is 0 Å². The highest BCUT2D eigenvalue weighted by atomic mass is 32.1. The maximum atomic E-state index is 4.51. The molecule has 2 atom stereocenters. The Bertz CT molecular complexity index is 326. The molecular formula is C14H25N3S. The predicted octanol–water partition coefficient (Wildman–Crippen LogP) is 3.06. The van der Waals surface area contributed by atoms with Crippen molar-refractivity contribution in [2.24, 2.45) is 0 Å². The van der Waals surface area contributed by atoms with Crippen LogP contribution in [0.15, 0.2) is 11.6 Å². The van der Waals surface area contributed by atoms with Crippen LogP contribution in [0.1, 0.15) is 50.6 Å². The number of nitrogens with zero attached hydrogens (tertiary/aromatic N) is 2. The fourth-order valence-electron chi connectivity index (χ4n) is 2.79. The van der Waals surface area contributed by atoms with E-state index in [2.05, 4.69) is 34.4 Å². The average molecular weight is 267 g/mol. The number of hydrogen-bond donors (Lipinski definition) is 1. The van der Waals surface area contributed by atoms with Gasteiger partial charge in [-0.05, 0) is 38.8 Å².